The summed E-state index contributed by atoms with van der Waals surface area (Å²) in [7, 11) is -3.71. The summed E-state index contributed by atoms with van der Waals surface area (Å²) in [5.74, 6) is -1.99. The van der Waals surface area contributed by atoms with Crippen molar-refractivity contribution in [3.05, 3.63) is 89.5 Å². The van der Waals surface area contributed by atoms with Gasteiger partial charge in [-0.3, -0.25) is 9.69 Å². The molecule has 1 saturated heterocycles. The summed E-state index contributed by atoms with van der Waals surface area (Å²) in [5.41, 5.74) is 1.02. The number of nitrogens with zero attached hydrogens (tertiary/aromatic N) is 3. The van der Waals surface area contributed by atoms with Crippen LogP contribution in [0.1, 0.15) is 15.9 Å². The minimum absolute atomic E-state index is 0.0192. The number of aromatic nitrogens is 1. The molecule has 0 spiro atoms. The first-order valence-electron chi connectivity index (χ1n) is 11.1. The number of rotatable bonds is 6. The number of carbonyl (C=O) groups is 1. The molecule has 3 aromatic carbocycles. The number of hydrogen-bond donors (Lipinski definition) is 0. The Morgan fingerprint density at radius 3 is 2.42 bits per heavy atom. The molecule has 4 aromatic rings. The zero-order valence-electron chi connectivity index (χ0n) is 18.9. The van der Waals surface area contributed by atoms with E-state index in [2.05, 4.69) is 4.98 Å². The van der Waals surface area contributed by atoms with Crippen molar-refractivity contribution in [2.45, 2.75) is 11.4 Å². The third-order valence-electron chi connectivity index (χ3n) is 5.77. The predicted molar refractivity (Wildman–Crippen MR) is 133 cm³/mol. The van der Waals surface area contributed by atoms with Gasteiger partial charge in [0.1, 0.15) is 11.3 Å². The van der Waals surface area contributed by atoms with E-state index in [1.807, 2.05) is 30.3 Å². The Morgan fingerprint density at radius 2 is 1.72 bits per heavy atom. The molecule has 7 nitrogen and oxygen atoms in total. The van der Waals surface area contributed by atoms with Crippen LogP contribution in [0.25, 0.3) is 10.2 Å². The minimum atomic E-state index is -3.71. The van der Waals surface area contributed by atoms with E-state index in [9.17, 15) is 22.0 Å². The maximum absolute atomic E-state index is 14.3. The van der Waals surface area contributed by atoms with Crippen LogP contribution in [0.15, 0.2) is 71.6 Å². The van der Waals surface area contributed by atoms with Gasteiger partial charge in [0.15, 0.2) is 10.9 Å². The molecule has 1 aromatic heterocycles. The summed E-state index contributed by atoms with van der Waals surface area (Å²) in [6.07, 6.45) is 0. The second-order valence-electron chi connectivity index (χ2n) is 8.15. The average molecular weight is 530 g/mol. The second kappa shape index (κ2) is 10.0. The van der Waals surface area contributed by atoms with E-state index in [1.54, 1.807) is 0 Å². The van der Waals surface area contributed by atoms with Crippen LogP contribution in [0.4, 0.5) is 13.9 Å². The van der Waals surface area contributed by atoms with Crippen molar-refractivity contribution in [2.75, 3.05) is 31.2 Å². The molecule has 0 atom stereocenters. The lowest BCUT2D eigenvalue weighted by atomic mass is 10.1. The molecule has 2 heterocycles. The van der Waals surface area contributed by atoms with Crippen molar-refractivity contribution < 1.29 is 26.7 Å². The summed E-state index contributed by atoms with van der Waals surface area (Å²) in [6.45, 7) is 1.33. The number of benzene rings is 3. The lowest BCUT2D eigenvalue weighted by Crippen LogP contribution is -2.40. The van der Waals surface area contributed by atoms with Crippen molar-refractivity contribution in [1.82, 2.24) is 9.29 Å². The smallest absolute Gasteiger partial charge is 0.260 e. The summed E-state index contributed by atoms with van der Waals surface area (Å²) in [5, 5.41) is 0.202. The van der Waals surface area contributed by atoms with Gasteiger partial charge in [0.05, 0.1) is 29.4 Å². The predicted octanol–water partition coefficient (Wildman–Crippen LogP) is 4.44. The highest BCUT2D eigenvalue weighted by molar-refractivity contribution is 7.89. The van der Waals surface area contributed by atoms with Crippen molar-refractivity contribution in [2.24, 2.45) is 0 Å². The first-order valence-corrected chi connectivity index (χ1v) is 13.4. The molecule has 0 aliphatic carbocycles. The topological polar surface area (TPSA) is 79.8 Å². The average Bonchev–Trinajstić information content (AvgIpc) is 3.32. The molecule has 5 rings (SSSR count). The molecular formula is C25H21F2N3O4S2. The van der Waals surface area contributed by atoms with E-state index < -0.39 is 27.6 Å². The van der Waals surface area contributed by atoms with E-state index in [0.717, 1.165) is 23.0 Å². The molecule has 186 valence electrons. The number of carbonyl (C=O) groups excluding carboxylic acids is 1. The Balaban J connectivity index is 1.49. The number of morpholine rings is 1. The molecule has 0 unspecified atom stereocenters. The number of hydrogen-bond acceptors (Lipinski definition) is 6. The minimum Gasteiger partial charge on any atom is -0.379 e. The highest BCUT2D eigenvalue weighted by Gasteiger charge is 2.28. The number of halogens is 2. The lowest BCUT2D eigenvalue weighted by molar-refractivity contribution is 0.0730. The molecule has 36 heavy (non-hydrogen) atoms. The van der Waals surface area contributed by atoms with Crippen LogP contribution in [0.3, 0.4) is 0 Å². The van der Waals surface area contributed by atoms with Crippen molar-refractivity contribution in [3.8, 4) is 0 Å². The van der Waals surface area contributed by atoms with Gasteiger partial charge < -0.3 is 4.74 Å². The van der Waals surface area contributed by atoms with Gasteiger partial charge in [-0.15, -0.1) is 0 Å². The fourth-order valence-corrected chi connectivity index (χ4v) is 6.33. The molecule has 1 amide bonds. The SMILES string of the molecule is O=C(c1ccc(S(=O)(=O)N2CCOCC2)cc1)N(Cc1ccccc1)c1nc2c(F)cc(F)cc2s1. The first-order chi connectivity index (χ1) is 17.3. The van der Waals surface area contributed by atoms with Gasteiger partial charge in [0.25, 0.3) is 5.91 Å². The van der Waals surface area contributed by atoms with E-state index in [1.165, 1.54) is 39.5 Å². The third kappa shape index (κ3) is 4.87. The highest BCUT2D eigenvalue weighted by Crippen LogP contribution is 2.33. The van der Waals surface area contributed by atoms with Gasteiger partial charge in [-0.2, -0.15) is 4.31 Å². The second-order valence-corrected chi connectivity index (χ2v) is 11.1. The molecule has 11 heteroatoms. The van der Waals surface area contributed by atoms with Crippen molar-refractivity contribution in [3.63, 3.8) is 0 Å². The molecule has 0 saturated carbocycles. The zero-order chi connectivity index (χ0) is 25.3. The maximum Gasteiger partial charge on any atom is 0.260 e. The van der Waals surface area contributed by atoms with Crippen LogP contribution in [0, 0.1) is 11.6 Å². The fourth-order valence-electron chi connectivity index (χ4n) is 3.91. The Hall–Kier alpha value is -3.25. The first kappa shape index (κ1) is 24.4. The largest absolute Gasteiger partial charge is 0.379 e. The van der Waals surface area contributed by atoms with Crippen LogP contribution in [0.5, 0.6) is 0 Å². The molecule has 0 bridgehead atoms. The van der Waals surface area contributed by atoms with Crippen LogP contribution in [0.2, 0.25) is 0 Å². The Bertz CT molecular complexity index is 1500. The van der Waals surface area contributed by atoms with E-state index in [0.29, 0.717) is 13.2 Å². The maximum atomic E-state index is 14.3. The number of ether oxygens (including phenoxy) is 1. The third-order valence-corrected chi connectivity index (χ3v) is 8.71. The van der Waals surface area contributed by atoms with Gasteiger partial charge in [-0.05, 0) is 35.9 Å². The lowest BCUT2D eigenvalue weighted by Gasteiger charge is -2.26. The number of amides is 1. The van der Waals surface area contributed by atoms with Crippen LogP contribution >= 0.6 is 11.3 Å². The summed E-state index contributed by atoms with van der Waals surface area (Å²) < 4.78 is 60.8. The van der Waals surface area contributed by atoms with E-state index in [4.69, 9.17) is 4.74 Å². The van der Waals surface area contributed by atoms with Crippen molar-refractivity contribution in [1.29, 1.82) is 0 Å². The molecule has 1 aliphatic rings. The number of anilines is 1. The Morgan fingerprint density at radius 1 is 1.03 bits per heavy atom. The highest BCUT2D eigenvalue weighted by atomic mass is 32.2. The van der Waals surface area contributed by atoms with E-state index >= 15 is 0 Å². The summed E-state index contributed by atoms with van der Waals surface area (Å²) in [4.78, 5) is 19.3. The Kier molecular flexibility index (Phi) is 6.80. The summed E-state index contributed by atoms with van der Waals surface area (Å²) >= 11 is 1.00. The van der Waals surface area contributed by atoms with Gasteiger partial charge in [0.2, 0.25) is 10.0 Å². The number of sulfonamides is 1. The van der Waals surface area contributed by atoms with Crippen LogP contribution in [-0.2, 0) is 21.3 Å². The Labute approximate surface area is 210 Å². The number of thiazole rings is 1. The zero-order valence-corrected chi connectivity index (χ0v) is 20.6. The van der Waals surface area contributed by atoms with Gasteiger partial charge in [-0.25, -0.2) is 22.2 Å². The van der Waals surface area contributed by atoms with E-state index in [-0.39, 0.29) is 45.4 Å². The molecule has 0 radical (unpaired) electrons. The van der Waals surface area contributed by atoms with Gasteiger partial charge in [0, 0.05) is 24.7 Å². The standard InChI is InChI=1S/C25H21F2N3O4S2/c26-19-14-21(27)23-22(15-19)35-25(28-23)30(16-17-4-2-1-3-5-17)24(31)18-6-8-20(9-7-18)36(32,33)29-10-12-34-13-11-29/h1-9,14-15H,10-13,16H2. The molecular weight excluding hydrogens is 508 g/mol. The summed E-state index contributed by atoms with van der Waals surface area (Å²) in [6, 6.07) is 16.8. The quantitative estimate of drug-likeness (QED) is 0.369. The monoisotopic (exact) mass is 529 g/mol. The molecule has 1 aliphatic heterocycles. The van der Waals surface area contributed by atoms with Gasteiger partial charge in [-0.1, -0.05) is 41.7 Å². The van der Waals surface area contributed by atoms with Gasteiger partial charge >= 0.3 is 0 Å². The van der Waals surface area contributed by atoms with Crippen LogP contribution in [-0.4, -0.2) is 49.9 Å². The molecule has 1 fully saturated rings. The van der Waals surface area contributed by atoms with Crippen molar-refractivity contribution >= 4 is 42.6 Å². The normalized spacial score (nSPS) is 14.7. The van der Waals surface area contributed by atoms with Crippen LogP contribution < -0.4 is 4.90 Å². The molecule has 0 N–H and O–H groups in total. The number of fused-ring (bicyclic) bond motifs is 1. The fraction of sp³-hybridized carbons (Fsp3) is 0.200.